The molecule has 0 saturated carbocycles. The van der Waals surface area contributed by atoms with Gasteiger partial charge >= 0.3 is 5.97 Å². The third-order valence-electron chi connectivity index (χ3n) is 7.65. The molecule has 39 heavy (non-hydrogen) atoms. The molecule has 0 atom stereocenters. The summed E-state index contributed by atoms with van der Waals surface area (Å²) in [7, 11) is 0. The zero-order chi connectivity index (χ0) is 29.2. The fraction of sp³-hybridized carbons (Fsp3) is 0.800. The van der Waals surface area contributed by atoms with Crippen LogP contribution in [-0.2, 0) is 25.6 Å². The van der Waals surface area contributed by atoms with E-state index in [0.717, 1.165) is 29.5 Å². The van der Waals surface area contributed by atoms with E-state index in [-0.39, 0.29) is 16.8 Å². The lowest BCUT2D eigenvalue weighted by atomic mass is 9.78. The average molecular weight is 563 g/mol. The maximum Gasteiger partial charge on any atom is 0.317 e. The van der Waals surface area contributed by atoms with Gasteiger partial charge in [-0.3, -0.25) is 4.79 Å². The van der Waals surface area contributed by atoms with Crippen molar-refractivity contribution >= 4 is 18.0 Å². The first kappa shape index (κ1) is 35.9. The first-order valence-electron chi connectivity index (χ1n) is 16.2. The first-order valence-corrected chi connectivity index (χ1v) is 17.1. The molecule has 0 saturated heterocycles. The van der Waals surface area contributed by atoms with Crippen LogP contribution in [0.4, 0.5) is 0 Å². The summed E-state index contributed by atoms with van der Waals surface area (Å²) in [4.78, 5) is 12.2. The smallest absolute Gasteiger partial charge is 0.317 e. The molecule has 0 heterocycles. The Morgan fingerprint density at radius 2 is 1.03 bits per heavy atom. The summed E-state index contributed by atoms with van der Waals surface area (Å²) in [6, 6.07) is 4.11. The Labute approximate surface area is 246 Å². The van der Waals surface area contributed by atoms with Crippen molar-refractivity contribution in [1.29, 1.82) is 0 Å². The van der Waals surface area contributed by atoms with Gasteiger partial charge in [-0.2, -0.15) is 0 Å². The van der Waals surface area contributed by atoms with E-state index in [1.807, 2.05) is 0 Å². The number of rotatable bonds is 21. The van der Waals surface area contributed by atoms with Crippen molar-refractivity contribution < 1.29 is 14.1 Å². The van der Waals surface area contributed by atoms with Crippen LogP contribution in [0.15, 0.2) is 12.1 Å². The van der Waals surface area contributed by atoms with E-state index in [9.17, 15) is 9.90 Å². The fourth-order valence-corrected chi connectivity index (χ4v) is 5.70. The molecular weight excluding hydrogens is 500 g/mol. The lowest BCUT2D eigenvalue weighted by Gasteiger charge is -2.28. The molecule has 0 amide bonds. The van der Waals surface area contributed by atoms with Crippen LogP contribution in [-0.4, -0.2) is 11.1 Å². The maximum absolute atomic E-state index is 12.2. The molecule has 0 radical (unpaired) electrons. The van der Waals surface area contributed by atoms with E-state index in [1.54, 1.807) is 0 Å². The molecular formula is C35H62O3S. The van der Waals surface area contributed by atoms with Crippen LogP contribution in [0.1, 0.15) is 181 Å². The normalized spacial score (nSPS) is 12.2. The number of carbonyl (C=O) groups excluding carboxylic acids is 1. The summed E-state index contributed by atoms with van der Waals surface area (Å²) < 4.78 is 5.47. The van der Waals surface area contributed by atoms with Crippen LogP contribution in [0.3, 0.4) is 0 Å². The van der Waals surface area contributed by atoms with Crippen molar-refractivity contribution in [3.63, 3.8) is 0 Å². The second-order valence-corrected chi connectivity index (χ2v) is 14.4. The molecule has 226 valence electrons. The average Bonchev–Trinajstić information content (AvgIpc) is 2.85. The highest BCUT2D eigenvalue weighted by Crippen LogP contribution is 2.40. The summed E-state index contributed by atoms with van der Waals surface area (Å²) in [5.41, 5.74) is 2.65. The molecule has 0 aliphatic heterocycles. The highest BCUT2D eigenvalue weighted by Gasteiger charge is 2.26. The minimum absolute atomic E-state index is 0.119. The third-order valence-corrected chi connectivity index (χ3v) is 8.40. The number of hydrogen-bond donors (Lipinski definition) is 1. The van der Waals surface area contributed by atoms with Crippen LogP contribution >= 0.6 is 12.0 Å². The highest BCUT2D eigenvalue weighted by molar-refractivity contribution is 7.94. The molecule has 1 N–H and O–H groups in total. The van der Waals surface area contributed by atoms with Crippen molar-refractivity contribution in [2.24, 2.45) is 0 Å². The van der Waals surface area contributed by atoms with Gasteiger partial charge in [-0.1, -0.05) is 163 Å². The quantitative estimate of drug-likeness (QED) is 0.119. The van der Waals surface area contributed by atoms with Gasteiger partial charge in [0, 0.05) is 6.42 Å². The van der Waals surface area contributed by atoms with Gasteiger partial charge in [-0.25, -0.2) is 0 Å². The number of aromatic hydroxyl groups is 1. The highest BCUT2D eigenvalue weighted by atomic mass is 32.2. The maximum atomic E-state index is 12.2. The molecule has 1 rings (SSSR count). The van der Waals surface area contributed by atoms with Crippen molar-refractivity contribution in [2.75, 3.05) is 0 Å². The van der Waals surface area contributed by atoms with Crippen LogP contribution in [0.2, 0.25) is 0 Å². The molecule has 0 unspecified atom stereocenters. The van der Waals surface area contributed by atoms with E-state index in [2.05, 4.69) is 60.6 Å². The number of benzene rings is 1. The van der Waals surface area contributed by atoms with Crippen LogP contribution in [0, 0.1) is 0 Å². The second kappa shape index (κ2) is 19.8. The van der Waals surface area contributed by atoms with Gasteiger partial charge in [-0.05, 0) is 33.9 Å². The summed E-state index contributed by atoms with van der Waals surface area (Å²) in [6.07, 6.45) is 23.3. The Morgan fingerprint density at radius 1 is 0.667 bits per heavy atom. The van der Waals surface area contributed by atoms with Crippen LogP contribution < -0.4 is 0 Å². The van der Waals surface area contributed by atoms with E-state index in [1.165, 1.54) is 108 Å². The van der Waals surface area contributed by atoms with Gasteiger partial charge in [0.25, 0.3) is 0 Å². The molecule has 1 aromatic rings. The Morgan fingerprint density at radius 3 is 1.38 bits per heavy atom. The molecule has 4 heteroatoms. The van der Waals surface area contributed by atoms with E-state index in [4.69, 9.17) is 4.18 Å². The minimum Gasteiger partial charge on any atom is -0.507 e. The topological polar surface area (TPSA) is 46.5 Å². The number of unbranched alkanes of at least 4 members (excludes halogenated alkanes) is 16. The van der Waals surface area contributed by atoms with Crippen molar-refractivity contribution in [3.8, 4) is 5.75 Å². The second-order valence-electron chi connectivity index (χ2n) is 13.7. The summed E-state index contributed by atoms with van der Waals surface area (Å²) in [5.74, 6) is 0.864. The molecule has 0 bridgehead atoms. The van der Waals surface area contributed by atoms with E-state index in [0.29, 0.717) is 17.9 Å². The number of phenols is 1. The van der Waals surface area contributed by atoms with Gasteiger partial charge in [0.05, 0.1) is 17.8 Å². The van der Waals surface area contributed by atoms with Gasteiger partial charge in [0.1, 0.15) is 5.75 Å². The Kier molecular flexibility index (Phi) is 18.2. The van der Waals surface area contributed by atoms with Gasteiger partial charge in [0.2, 0.25) is 0 Å². The predicted octanol–water partition coefficient (Wildman–Crippen LogP) is 11.7. The number of hydrogen-bond acceptors (Lipinski definition) is 4. The molecule has 0 aliphatic carbocycles. The zero-order valence-corrected chi connectivity index (χ0v) is 27.6. The van der Waals surface area contributed by atoms with E-state index >= 15 is 0 Å². The number of carbonyl (C=O) groups is 1. The standard InChI is InChI=1S/C35H62O3S/c1-8-9-10-11-12-13-14-15-16-17-18-19-20-21-22-23-24-25-32(36)38-39-28-29-26-30(34(2,3)4)33(37)31(27-29)35(5,6)7/h26-27,37H,8-25,28H2,1-7H3. The SMILES string of the molecule is CCCCCCCCCCCCCCCCCCCC(=O)OSCc1cc(C(C)(C)C)c(O)c(C(C)(C)C)c1. The minimum atomic E-state index is -0.158. The molecule has 1 aromatic carbocycles. The zero-order valence-electron chi connectivity index (χ0n) is 26.8. The van der Waals surface area contributed by atoms with Gasteiger partial charge < -0.3 is 9.29 Å². The van der Waals surface area contributed by atoms with E-state index < -0.39 is 0 Å². The molecule has 3 nitrogen and oxygen atoms in total. The number of phenolic OH excluding ortho intramolecular Hbond substituents is 1. The predicted molar refractivity (Wildman–Crippen MR) is 172 cm³/mol. The summed E-state index contributed by atoms with van der Waals surface area (Å²) in [5, 5.41) is 10.9. The van der Waals surface area contributed by atoms with Crippen molar-refractivity contribution in [2.45, 2.75) is 181 Å². The molecule has 0 aromatic heterocycles. The fourth-order valence-electron chi connectivity index (χ4n) is 5.12. The van der Waals surface area contributed by atoms with Crippen LogP contribution in [0.5, 0.6) is 5.75 Å². The van der Waals surface area contributed by atoms with Crippen molar-refractivity contribution in [1.82, 2.24) is 0 Å². The Bertz CT molecular complexity index is 753. The van der Waals surface area contributed by atoms with Crippen LogP contribution in [0.25, 0.3) is 0 Å². The summed E-state index contributed by atoms with van der Waals surface area (Å²) >= 11 is 1.22. The van der Waals surface area contributed by atoms with Gasteiger partial charge in [0.15, 0.2) is 0 Å². The Balaban J connectivity index is 2.10. The van der Waals surface area contributed by atoms with Crippen molar-refractivity contribution in [3.05, 3.63) is 28.8 Å². The molecule has 0 fully saturated rings. The Hall–Kier alpha value is -1.16. The largest absolute Gasteiger partial charge is 0.507 e. The monoisotopic (exact) mass is 562 g/mol. The first-order chi connectivity index (χ1) is 18.5. The molecule has 0 aliphatic rings. The van der Waals surface area contributed by atoms with Gasteiger partial charge in [-0.15, -0.1) is 0 Å². The summed E-state index contributed by atoms with van der Waals surface area (Å²) in [6.45, 7) is 15.0. The lowest BCUT2D eigenvalue weighted by molar-refractivity contribution is -0.133. The lowest BCUT2D eigenvalue weighted by Crippen LogP contribution is -2.17. The third kappa shape index (κ3) is 16.6. The molecule has 0 spiro atoms.